The van der Waals surface area contributed by atoms with Gasteiger partial charge in [0.2, 0.25) is 11.8 Å². The van der Waals surface area contributed by atoms with E-state index in [0.717, 1.165) is 22.6 Å². The number of thiophene rings is 1. The number of nitro groups is 1. The van der Waals surface area contributed by atoms with Crippen molar-refractivity contribution < 1.29 is 22.9 Å². The van der Waals surface area contributed by atoms with E-state index in [2.05, 4.69) is 4.72 Å². The van der Waals surface area contributed by atoms with Gasteiger partial charge in [-0.25, -0.2) is 13.1 Å². The van der Waals surface area contributed by atoms with Gasteiger partial charge in [-0.3, -0.25) is 19.7 Å². The van der Waals surface area contributed by atoms with Crippen LogP contribution in [0.2, 0.25) is 0 Å². The van der Waals surface area contributed by atoms with E-state index in [1.54, 1.807) is 19.9 Å². The maximum atomic E-state index is 13.0. The van der Waals surface area contributed by atoms with Crippen LogP contribution >= 0.6 is 11.3 Å². The lowest BCUT2D eigenvalue weighted by molar-refractivity contribution is -0.384. The summed E-state index contributed by atoms with van der Waals surface area (Å²) >= 11 is 1.09. The lowest BCUT2D eigenvalue weighted by Crippen LogP contribution is -2.46. The van der Waals surface area contributed by atoms with Gasteiger partial charge in [0.1, 0.15) is 10.1 Å². The summed E-state index contributed by atoms with van der Waals surface area (Å²) in [6.45, 7) is 8.29. The average molecular weight is 496 g/mol. The van der Waals surface area contributed by atoms with Gasteiger partial charge < -0.3 is 4.90 Å². The predicted molar refractivity (Wildman–Crippen MR) is 126 cm³/mol. The standard InChI is InChI=1S/C22H29N3O6S2/c1-5-24(6-2)22(27)19(14-16-7-9-17(10-8-16)25(28)29)21(26)23-33(30,31)20-12-11-18(32-20)13-15(3)4/h7-12,15,19H,5-6,13-14H2,1-4H3,(H,23,26). The number of sulfonamides is 1. The van der Waals surface area contributed by atoms with Gasteiger partial charge in [0.15, 0.2) is 0 Å². The van der Waals surface area contributed by atoms with Crippen molar-refractivity contribution in [2.24, 2.45) is 11.8 Å². The molecular weight excluding hydrogens is 466 g/mol. The Kier molecular flexibility index (Phi) is 9.12. The molecule has 0 aliphatic rings. The van der Waals surface area contributed by atoms with E-state index in [1.807, 2.05) is 13.8 Å². The molecule has 180 valence electrons. The van der Waals surface area contributed by atoms with E-state index < -0.39 is 32.7 Å². The van der Waals surface area contributed by atoms with Crippen molar-refractivity contribution in [1.82, 2.24) is 9.62 Å². The molecule has 1 N–H and O–H groups in total. The Morgan fingerprint density at radius 2 is 1.67 bits per heavy atom. The fourth-order valence-electron chi connectivity index (χ4n) is 3.31. The lowest BCUT2D eigenvalue weighted by Gasteiger charge is -2.24. The van der Waals surface area contributed by atoms with Crippen molar-refractivity contribution in [2.45, 2.75) is 44.7 Å². The molecule has 9 nitrogen and oxygen atoms in total. The number of nitrogens with zero attached hydrogens (tertiary/aromatic N) is 2. The van der Waals surface area contributed by atoms with Gasteiger partial charge >= 0.3 is 0 Å². The van der Waals surface area contributed by atoms with Crippen LogP contribution in [-0.4, -0.2) is 43.1 Å². The molecule has 0 aliphatic heterocycles. The first-order valence-corrected chi connectivity index (χ1v) is 13.0. The number of carbonyl (C=O) groups is 2. The summed E-state index contributed by atoms with van der Waals surface area (Å²) in [5.41, 5.74) is 0.390. The number of hydrogen-bond acceptors (Lipinski definition) is 7. The molecule has 2 aromatic rings. The SMILES string of the molecule is CCN(CC)C(=O)C(Cc1ccc([N+](=O)[O-])cc1)C(=O)NS(=O)(=O)c1ccc(CC(C)C)s1. The normalized spacial score (nSPS) is 12.4. The van der Waals surface area contributed by atoms with Crippen molar-refractivity contribution in [3.8, 4) is 0 Å². The third-order valence-electron chi connectivity index (χ3n) is 5.02. The number of non-ortho nitro benzene ring substituents is 1. The van der Waals surface area contributed by atoms with Crippen molar-refractivity contribution in [2.75, 3.05) is 13.1 Å². The maximum Gasteiger partial charge on any atom is 0.273 e. The number of nitro benzene ring substituents is 1. The molecule has 1 atom stereocenters. The Bertz CT molecular complexity index is 1090. The molecule has 1 unspecified atom stereocenters. The summed E-state index contributed by atoms with van der Waals surface area (Å²) in [6, 6.07) is 8.66. The van der Waals surface area contributed by atoms with Gasteiger partial charge in [0, 0.05) is 30.1 Å². The number of rotatable bonds is 11. The third-order valence-corrected chi connectivity index (χ3v) is 7.97. The molecule has 0 saturated heterocycles. The molecule has 0 radical (unpaired) electrons. The number of carbonyl (C=O) groups excluding carboxylic acids is 2. The van der Waals surface area contributed by atoms with E-state index in [4.69, 9.17) is 0 Å². The molecule has 1 heterocycles. The van der Waals surface area contributed by atoms with Crippen molar-refractivity contribution >= 4 is 38.9 Å². The van der Waals surface area contributed by atoms with Gasteiger partial charge in [-0.1, -0.05) is 26.0 Å². The molecule has 11 heteroatoms. The van der Waals surface area contributed by atoms with Crippen LogP contribution in [0.25, 0.3) is 0 Å². The minimum absolute atomic E-state index is 0.0101. The molecule has 1 aromatic heterocycles. The van der Waals surface area contributed by atoms with E-state index in [-0.39, 0.29) is 16.3 Å². The zero-order valence-electron chi connectivity index (χ0n) is 19.1. The molecular formula is C22H29N3O6S2. The Hall–Kier alpha value is -2.79. The minimum atomic E-state index is -4.14. The largest absolute Gasteiger partial charge is 0.343 e. The first-order valence-electron chi connectivity index (χ1n) is 10.7. The number of benzene rings is 1. The Morgan fingerprint density at radius 1 is 1.06 bits per heavy atom. The van der Waals surface area contributed by atoms with Crippen molar-refractivity contribution in [1.29, 1.82) is 0 Å². The van der Waals surface area contributed by atoms with E-state index in [0.29, 0.717) is 24.6 Å². The van der Waals surface area contributed by atoms with E-state index in [1.165, 1.54) is 35.2 Å². The molecule has 2 amide bonds. The van der Waals surface area contributed by atoms with Gasteiger partial charge in [-0.05, 0) is 50.3 Å². The zero-order chi connectivity index (χ0) is 24.8. The van der Waals surface area contributed by atoms with Crippen LogP contribution in [0.5, 0.6) is 0 Å². The highest BCUT2D eigenvalue weighted by atomic mass is 32.2. The second kappa shape index (κ2) is 11.4. The highest BCUT2D eigenvalue weighted by Crippen LogP contribution is 2.24. The quantitative estimate of drug-likeness (QED) is 0.289. The second-order valence-corrected chi connectivity index (χ2v) is 11.1. The molecule has 1 aromatic carbocycles. The van der Waals surface area contributed by atoms with Crippen LogP contribution in [0.3, 0.4) is 0 Å². The van der Waals surface area contributed by atoms with E-state index >= 15 is 0 Å². The van der Waals surface area contributed by atoms with Crippen molar-refractivity contribution in [3.05, 3.63) is 57.0 Å². The summed E-state index contributed by atoms with van der Waals surface area (Å²) in [5, 5.41) is 10.9. The molecule has 33 heavy (non-hydrogen) atoms. The minimum Gasteiger partial charge on any atom is -0.343 e. The highest BCUT2D eigenvalue weighted by Gasteiger charge is 2.33. The van der Waals surface area contributed by atoms with Crippen LogP contribution in [0.1, 0.15) is 38.1 Å². The Labute approximate surface area is 198 Å². The first-order chi connectivity index (χ1) is 15.5. The summed E-state index contributed by atoms with van der Waals surface area (Å²) < 4.78 is 27.7. The van der Waals surface area contributed by atoms with Gasteiger partial charge in [0.25, 0.3) is 15.7 Å². The fourth-order valence-corrected chi connectivity index (χ4v) is 5.89. The zero-order valence-corrected chi connectivity index (χ0v) is 20.7. The topological polar surface area (TPSA) is 127 Å². The maximum absolute atomic E-state index is 13.0. The van der Waals surface area contributed by atoms with E-state index in [9.17, 15) is 28.1 Å². The molecule has 0 spiro atoms. The van der Waals surface area contributed by atoms with Crippen LogP contribution in [0.4, 0.5) is 5.69 Å². The average Bonchev–Trinajstić information content (AvgIpc) is 3.21. The van der Waals surface area contributed by atoms with Gasteiger partial charge in [-0.15, -0.1) is 11.3 Å². The van der Waals surface area contributed by atoms with Crippen LogP contribution in [0.15, 0.2) is 40.6 Å². The number of hydrogen-bond donors (Lipinski definition) is 1. The number of amides is 2. The van der Waals surface area contributed by atoms with Crippen LogP contribution in [-0.2, 0) is 32.5 Å². The Balaban J connectivity index is 2.29. The molecule has 0 saturated carbocycles. The summed E-state index contributed by atoms with van der Waals surface area (Å²) in [4.78, 5) is 38.8. The van der Waals surface area contributed by atoms with Crippen molar-refractivity contribution in [3.63, 3.8) is 0 Å². The lowest BCUT2D eigenvalue weighted by atomic mass is 9.97. The Morgan fingerprint density at radius 3 is 2.18 bits per heavy atom. The highest BCUT2D eigenvalue weighted by molar-refractivity contribution is 7.92. The second-order valence-electron chi connectivity index (χ2n) is 7.98. The number of nitrogens with one attached hydrogen (secondary N) is 1. The molecule has 0 aliphatic carbocycles. The van der Waals surface area contributed by atoms with Gasteiger partial charge in [0.05, 0.1) is 4.92 Å². The summed E-state index contributed by atoms with van der Waals surface area (Å²) in [6.07, 6.45) is 0.634. The molecule has 0 bridgehead atoms. The summed E-state index contributed by atoms with van der Waals surface area (Å²) in [5.74, 6) is -2.37. The fraction of sp³-hybridized carbons (Fsp3) is 0.455. The monoisotopic (exact) mass is 495 g/mol. The molecule has 0 fully saturated rings. The smallest absolute Gasteiger partial charge is 0.273 e. The third kappa shape index (κ3) is 7.10. The molecule has 2 rings (SSSR count). The summed E-state index contributed by atoms with van der Waals surface area (Å²) in [7, 11) is -4.14. The first kappa shape index (κ1) is 26.5. The predicted octanol–water partition coefficient (Wildman–Crippen LogP) is 3.39. The van der Waals surface area contributed by atoms with Gasteiger partial charge in [-0.2, -0.15) is 0 Å². The van der Waals surface area contributed by atoms with Crippen LogP contribution < -0.4 is 4.72 Å². The van der Waals surface area contributed by atoms with Crippen LogP contribution in [0, 0.1) is 22.0 Å².